The van der Waals surface area contributed by atoms with E-state index in [0.29, 0.717) is 13.1 Å². The fourth-order valence-corrected chi connectivity index (χ4v) is 1.73. The zero-order chi connectivity index (χ0) is 11.4. The Bertz CT molecular complexity index is 297. The van der Waals surface area contributed by atoms with Crippen LogP contribution in [0.25, 0.3) is 0 Å². The average Bonchev–Trinajstić information content (AvgIpc) is 2.51. The van der Waals surface area contributed by atoms with Crippen LogP contribution in [0, 0.1) is 0 Å². The summed E-state index contributed by atoms with van der Waals surface area (Å²) in [5.74, 6) is 0. The van der Waals surface area contributed by atoms with Crippen LogP contribution in [0.1, 0.15) is 18.5 Å². The van der Waals surface area contributed by atoms with E-state index in [-0.39, 0.29) is 12.1 Å². The second-order valence-electron chi connectivity index (χ2n) is 3.99. The van der Waals surface area contributed by atoms with Crippen LogP contribution in [0.2, 0.25) is 0 Å². The fraction of sp³-hybridized carbons (Fsp3) is 0.700. The van der Waals surface area contributed by atoms with Gasteiger partial charge in [0.25, 0.3) is 0 Å². The van der Waals surface area contributed by atoms with Crippen molar-refractivity contribution in [2.45, 2.75) is 19.1 Å². The van der Waals surface area contributed by atoms with E-state index in [0.717, 1.165) is 5.56 Å². The topological polar surface area (TPSA) is 67.3 Å². The summed E-state index contributed by atoms with van der Waals surface area (Å²) in [4.78, 5) is 2.04. The van der Waals surface area contributed by atoms with Crippen molar-refractivity contribution in [3.05, 3.63) is 18.0 Å². The molecule has 1 aromatic rings. The molecule has 0 aliphatic heterocycles. The predicted molar refractivity (Wildman–Crippen MR) is 59.3 cm³/mol. The first-order chi connectivity index (χ1) is 7.04. The van der Waals surface area contributed by atoms with Gasteiger partial charge in [0.2, 0.25) is 0 Å². The standard InChI is InChI=1S/C10H20N4O/c1-8(15)6-13(2)10(4-11)9-5-12-14(3)7-9/h5,7-8,10,15H,4,6,11H2,1-3H3. The smallest absolute Gasteiger partial charge is 0.0639 e. The van der Waals surface area contributed by atoms with Crippen LogP contribution in [-0.4, -0.2) is 46.0 Å². The van der Waals surface area contributed by atoms with Gasteiger partial charge in [-0.3, -0.25) is 9.58 Å². The molecule has 2 atom stereocenters. The first-order valence-corrected chi connectivity index (χ1v) is 5.11. The highest BCUT2D eigenvalue weighted by Gasteiger charge is 2.17. The van der Waals surface area contributed by atoms with Gasteiger partial charge in [-0.1, -0.05) is 0 Å². The first-order valence-electron chi connectivity index (χ1n) is 5.11. The SMILES string of the molecule is CC(O)CN(C)C(CN)c1cnn(C)c1. The number of rotatable bonds is 5. The van der Waals surface area contributed by atoms with Gasteiger partial charge >= 0.3 is 0 Å². The lowest BCUT2D eigenvalue weighted by Crippen LogP contribution is -2.35. The molecule has 86 valence electrons. The molecule has 0 amide bonds. The predicted octanol–water partition coefficient (Wildman–Crippen LogP) is -0.267. The Morgan fingerprint density at radius 3 is 2.73 bits per heavy atom. The maximum atomic E-state index is 9.32. The number of nitrogens with zero attached hydrogens (tertiary/aromatic N) is 3. The summed E-state index contributed by atoms with van der Waals surface area (Å²) >= 11 is 0. The van der Waals surface area contributed by atoms with Gasteiger partial charge in [-0.25, -0.2) is 0 Å². The van der Waals surface area contributed by atoms with Gasteiger partial charge in [0.1, 0.15) is 0 Å². The first kappa shape index (κ1) is 12.2. The molecular formula is C10H20N4O. The Labute approximate surface area is 90.5 Å². The van der Waals surface area contributed by atoms with Gasteiger partial charge in [-0.15, -0.1) is 0 Å². The number of aromatic nitrogens is 2. The maximum absolute atomic E-state index is 9.32. The average molecular weight is 212 g/mol. The van der Waals surface area contributed by atoms with Crippen molar-refractivity contribution in [1.82, 2.24) is 14.7 Å². The number of aryl methyl sites for hydroxylation is 1. The van der Waals surface area contributed by atoms with Crippen LogP contribution in [0.3, 0.4) is 0 Å². The molecule has 15 heavy (non-hydrogen) atoms. The van der Waals surface area contributed by atoms with Crippen LogP contribution in [0.4, 0.5) is 0 Å². The molecule has 0 saturated carbocycles. The minimum absolute atomic E-state index is 0.119. The van der Waals surface area contributed by atoms with Crippen molar-refractivity contribution in [2.75, 3.05) is 20.1 Å². The number of aliphatic hydroxyl groups is 1. The molecule has 3 N–H and O–H groups in total. The molecular weight excluding hydrogens is 192 g/mol. The molecule has 1 aromatic heterocycles. The Morgan fingerprint density at radius 1 is 1.67 bits per heavy atom. The number of hydrogen-bond donors (Lipinski definition) is 2. The molecule has 0 aromatic carbocycles. The molecule has 0 fully saturated rings. The monoisotopic (exact) mass is 212 g/mol. The molecule has 0 saturated heterocycles. The second-order valence-corrected chi connectivity index (χ2v) is 3.99. The summed E-state index contributed by atoms with van der Waals surface area (Å²) < 4.78 is 1.76. The minimum atomic E-state index is -0.347. The summed E-state index contributed by atoms with van der Waals surface area (Å²) in [6.07, 6.45) is 3.42. The number of hydrogen-bond acceptors (Lipinski definition) is 4. The van der Waals surface area contributed by atoms with Crippen molar-refractivity contribution >= 4 is 0 Å². The molecule has 2 unspecified atom stereocenters. The quantitative estimate of drug-likeness (QED) is 0.705. The molecule has 0 bridgehead atoms. The van der Waals surface area contributed by atoms with Gasteiger partial charge < -0.3 is 10.8 Å². The van der Waals surface area contributed by atoms with Crippen molar-refractivity contribution < 1.29 is 5.11 Å². The fourth-order valence-electron chi connectivity index (χ4n) is 1.73. The summed E-state index contributed by atoms with van der Waals surface area (Å²) in [7, 11) is 3.84. The third-order valence-electron chi connectivity index (χ3n) is 2.42. The summed E-state index contributed by atoms with van der Waals surface area (Å²) in [5.41, 5.74) is 6.82. The molecule has 0 radical (unpaired) electrons. The third kappa shape index (κ3) is 3.30. The van der Waals surface area contributed by atoms with E-state index in [1.807, 2.05) is 31.4 Å². The zero-order valence-electron chi connectivity index (χ0n) is 9.59. The van der Waals surface area contributed by atoms with E-state index in [1.165, 1.54) is 0 Å². The highest BCUT2D eigenvalue weighted by Crippen LogP contribution is 2.17. The van der Waals surface area contributed by atoms with E-state index < -0.39 is 0 Å². The molecule has 5 heteroatoms. The van der Waals surface area contributed by atoms with Crippen molar-refractivity contribution in [3.8, 4) is 0 Å². The third-order valence-corrected chi connectivity index (χ3v) is 2.42. The van der Waals surface area contributed by atoms with Gasteiger partial charge in [-0.2, -0.15) is 5.10 Å². The summed E-state index contributed by atoms with van der Waals surface area (Å²) in [6, 6.07) is 0.119. The van der Waals surface area contributed by atoms with Gasteiger partial charge in [-0.05, 0) is 14.0 Å². The summed E-state index contributed by atoms with van der Waals surface area (Å²) in [6.45, 7) is 2.90. The van der Waals surface area contributed by atoms with Gasteiger partial charge in [0, 0.05) is 37.9 Å². The van der Waals surface area contributed by atoms with E-state index >= 15 is 0 Å². The lowest BCUT2D eigenvalue weighted by atomic mass is 10.1. The maximum Gasteiger partial charge on any atom is 0.0639 e. The van der Waals surface area contributed by atoms with Crippen LogP contribution < -0.4 is 5.73 Å². The molecule has 5 nitrogen and oxygen atoms in total. The highest BCUT2D eigenvalue weighted by molar-refractivity contribution is 5.10. The Hall–Kier alpha value is -0.910. The molecule has 0 aliphatic carbocycles. The molecule has 0 spiro atoms. The Morgan fingerprint density at radius 2 is 2.33 bits per heavy atom. The van der Waals surface area contributed by atoms with Crippen LogP contribution in [-0.2, 0) is 7.05 Å². The van der Waals surface area contributed by atoms with E-state index in [2.05, 4.69) is 5.10 Å². The highest BCUT2D eigenvalue weighted by atomic mass is 16.3. The van der Waals surface area contributed by atoms with Gasteiger partial charge in [0.05, 0.1) is 12.3 Å². The molecule has 1 rings (SSSR count). The normalized spacial score (nSPS) is 15.6. The Balaban J connectivity index is 2.70. The minimum Gasteiger partial charge on any atom is -0.392 e. The van der Waals surface area contributed by atoms with Crippen LogP contribution >= 0.6 is 0 Å². The summed E-state index contributed by atoms with van der Waals surface area (Å²) in [5, 5.41) is 13.4. The number of nitrogens with two attached hydrogens (primary N) is 1. The zero-order valence-corrected chi connectivity index (χ0v) is 9.59. The number of likely N-dealkylation sites (N-methyl/N-ethyl adjacent to an activating group) is 1. The largest absolute Gasteiger partial charge is 0.392 e. The van der Waals surface area contributed by atoms with Gasteiger partial charge in [0.15, 0.2) is 0 Å². The van der Waals surface area contributed by atoms with Crippen LogP contribution in [0.15, 0.2) is 12.4 Å². The number of aliphatic hydroxyl groups excluding tert-OH is 1. The molecule has 1 heterocycles. The lowest BCUT2D eigenvalue weighted by molar-refractivity contribution is 0.119. The second kappa shape index (κ2) is 5.25. The Kier molecular flexibility index (Phi) is 4.26. The van der Waals surface area contributed by atoms with Crippen molar-refractivity contribution in [2.24, 2.45) is 12.8 Å². The van der Waals surface area contributed by atoms with Crippen molar-refractivity contribution in [3.63, 3.8) is 0 Å². The van der Waals surface area contributed by atoms with E-state index in [9.17, 15) is 5.11 Å². The lowest BCUT2D eigenvalue weighted by Gasteiger charge is -2.27. The molecule has 0 aliphatic rings. The van der Waals surface area contributed by atoms with E-state index in [1.54, 1.807) is 11.6 Å². The van der Waals surface area contributed by atoms with E-state index in [4.69, 9.17) is 5.73 Å². The van der Waals surface area contributed by atoms with Crippen LogP contribution in [0.5, 0.6) is 0 Å². The van der Waals surface area contributed by atoms with Crippen molar-refractivity contribution in [1.29, 1.82) is 0 Å².